The van der Waals surface area contributed by atoms with Crippen molar-refractivity contribution in [3.05, 3.63) is 12.2 Å². The molecule has 0 aromatic carbocycles. The van der Waals surface area contributed by atoms with Crippen LogP contribution >= 0.6 is 0 Å². The number of hydrogen-bond donors (Lipinski definition) is 2. The quantitative estimate of drug-likeness (QED) is 0.365. The fourth-order valence-corrected chi connectivity index (χ4v) is 1.95. The predicted molar refractivity (Wildman–Crippen MR) is 89.1 cm³/mol. The number of hydrogen-bond acceptors (Lipinski definition) is 4. The van der Waals surface area contributed by atoms with Crippen molar-refractivity contribution < 1.29 is 4.74 Å². The Labute approximate surface area is 133 Å². The summed E-state index contributed by atoms with van der Waals surface area (Å²) in [6.45, 7) is 10.9. The number of aromatic nitrogens is 3. The monoisotopic (exact) mass is 310 g/mol. The third kappa shape index (κ3) is 7.40. The van der Waals surface area contributed by atoms with Crippen LogP contribution in [0.4, 0.5) is 0 Å². The van der Waals surface area contributed by atoms with Gasteiger partial charge in [0.2, 0.25) is 0 Å². The minimum Gasteiger partial charge on any atom is -0.380 e. The molecule has 0 saturated carbocycles. The molecular formula is C15H30N6O. The van der Waals surface area contributed by atoms with Gasteiger partial charge in [-0.3, -0.25) is 4.99 Å². The molecule has 0 fully saturated rings. The van der Waals surface area contributed by atoms with Gasteiger partial charge in [-0.15, -0.1) is 10.2 Å². The number of unbranched alkanes of at least 4 members (excludes halogenated alkanes) is 1. The number of nitrogens with zero attached hydrogens (tertiary/aromatic N) is 4. The van der Waals surface area contributed by atoms with Crippen molar-refractivity contribution in [2.75, 3.05) is 32.8 Å². The molecule has 7 heteroatoms. The third-order valence-electron chi connectivity index (χ3n) is 3.15. The van der Waals surface area contributed by atoms with Crippen LogP contribution in [0.5, 0.6) is 0 Å². The molecule has 0 aliphatic heterocycles. The Kier molecular flexibility index (Phi) is 10.0. The summed E-state index contributed by atoms with van der Waals surface area (Å²) >= 11 is 0. The normalized spacial score (nSPS) is 11.7. The molecule has 0 saturated heterocycles. The molecule has 0 unspecified atom stereocenters. The third-order valence-corrected chi connectivity index (χ3v) is 3.15. The molecule has 1 aromatic heterocycles. The van der Waals surface area contributed by atoms with Crippen LogP contribution in [-0.4, -0.2) is 53.6 Å². The van der Waals surface area contributed by atoms with Crippen molar-refractivity contribution >= 4 is 5.96 Å². The molecule has 0 radical (unpaired) electrons. The molecule has 0 bridgehead atoms. The first kappa shape index (κ1) is 18.4. The second-order valence-electron chi connectivity index (χ2n) is 4.95. The lowest BCUT2D eigenvalue weighted by molar-refractivity contribution is 0.139. The summed E-state index contributed by atoms with van der Waals surface area (Å²) in [5, 5.41) is 14.6. The maximum absolute atomic E-state index is 5.51. The van der Waals surface area contributed by atoms with E-state index in [4.69, 9.17) is 4.74 Å². The second-order valence-corrected chi connectivity index (χ2v) is 4.95. The van der Waals surface area contributed by atoms with Crippen LogP contribution < -0.4 is 10.6 Å². The van der Waals surface area contributed by atoms with E-state index in [1.807, 2.05) is 0 Å². The van der Waals surface area contributed by atoms with E-state index in [0.29, 0.717) is 13.2 Å². The Morgan fingerprint density at radius 2 is 2.14 bits per heavy atom. The van der Waals surface area contributed by atoms with Gasteiger partial charge in [-0.2, -0.15) is 0 Å². The first-order valence-corrected chi connectivity index (χ1v) is 8.28. The number of ether oxygens (including phenoxy) is 1. The van der Waals surface area contributed by atoms with Crippen LogP contribution in [0, 0.1) is 0 Å². The first-order valence-electron chi connectivity index (χ1n) is 8.28. The molecule has 7 nitrogen and oxygen atoms in total. The lowest BCUT2D eigenvalue weighted by atomic mass is 10.4. The van der Waals surface area contributed by atoms with E-state index in [-0.39, 0.29) is 0 Å². The topological polar surface area (TPSA) is 76.4 Å². The predicted octanol–water partition coefficient (Wildman–Crippen LogP) is 1.21. The summed E-state index contributed by atoms with van der Waals surface area (Å²) in [6, 6.07) is 0. The lowest BCUT2D eigenvalue weighted by Gasteiger charge is -2.12. The van der Waals surface area contributed by atoms with Crippen LogP contribution in [0.25, 0.3) is 0 Å². The standard InChI is InChI=1S/C15H30N6O/c1-4-7-11-22-12-9-18-15(16-6-3)17-8-10-21-13-19-20-14(21)5-2/h13H,4-12H2,1-3H3,(H2,16,17,18). The average Bonchev–Trinajstić information content (AvgIpc) is 2.98. The molecule has 0 aliphatic rings. The number of rotatable bonds is 11. The van der Waals surface area contributed by atoms with Gasteiger partial charge in [-0.05, 0) is 13.3 Å². The molecule has 0 amide bonds. The van der Waals surface area contributed by atoms with E-state index >= 15 is 0 Å². The number of nitrogens with one attached hydrogen (secondary N) is 2. The Morgan fingerprint density at radius 1 is 1.27 bits per heavy atom. The van der Waals surface area contributed by atoms with Crippen LogP contribution in [0.15, 0.2) is 11.3 Å². The number of guanidine groups is 1. The Hall–Kier alpha value is -1.63. The van der Waals surface area contributed by atoms with Gasteiger partial charge in [0, 0.05) is 32.7 Å². The summed E-state index contributed by atoms with van der Waals surface area (Å²) in [5.41, 5.74) is 0. The molecular weight excluding hydrogens is 280 g/mol. The van der Waals surface area contributed by atoms with Crippen molar-refractivity contribution in [2.24, 2.45) is 4.99 Å². The smallest absolute Gasteiger partial charge is 0.191 e. The van der Waals surface area contributed by atoms with Gasteiger partial charge in [0.05, 0.1) is 13.2 Å². The Morgan fingerprint density at radius 3 is 2.86 bits per heavy atom. The van der Waals surface area contributed by atoms with E-state index in [0.717, 1.165) is 57.3 Å². The molecule has 0 spiro atoms. The zero-order valence-corrected chi connectivity index (χ0v) is 14.1. The van der Waals surface area contributed by atoms with Gasteiger partial charge in [-0.1, -0.05) is 20.3 Å². The van der Waals surface area contributed by atoms with Gasteiger partial charge in [-0.25, -0.2) is 0 Å². The van der Waals surface area contributed by atoms with E-state index in [1.54, 1.807) is 6.33 Å². The Bertz CT molecular complexity index is 418. The SMILES string of the molecule is CCCCOCCN=C(NCC)NCCn1cnnc1CC. The molecule has 22 heavy (non-hydrogen) atoms. The largest absolute Gasteiger partial charge is 0.380 e. The van der Waals surface area contributed by atoms with Crippen LogP contribution in [0.2, 0.25) is 0 Å². The van der Waals surface area contributed by atoms with Crippen molar-refractivity contribution in [1.82, 2.24) is 25.4 Å². The highest BCUT2D eigenvalue weighted by Gasteiger charge is 2.02. The summed E-state index contributed by atoms with van der Waals surface area (Å²) in [5.74, 6) is 1.83. The van der Waals surface area contributed by atoms with Gasteiger partial charge in [0.25, 0.3) is 0 Å². The van der Waals surface area contributed by atoms with Crippen molar-refractivity contribution in [1.29, 1.82) is 0 Å². The zero-order chi connectivity index (χ0) is 16.0. The minimum absolute atomic E-state index is 0.669. The molecule has 1 aromatic rings. The summed E-state index contributed by atoms with van der Waals surface area (Å²) < 4.78 is 7.57. The van der Waals surface area contributed by atoms with E-state index in [9.17, 15) is 0 Å². The maximum atomic E-state index is 5.51. The van der Waals surface area contributed by atoms with Crippen molar-refractivity contribution in [3.63, 3.8) is 0 Å². The first-order chi connectivity index (χ1) is 10.8. The summed E-state index contributed by atoms with van der Waals surface area (Å²) in [4.78, 5) is 4.50. The van der Waals surface area contributed by atoms with Crippen LogP contribution in [-0.2, 0) is 17.7 Å². The highest BCUT2D eigenvalue weighted by Crippen LogP contribution is 1.94. The molecule has 0 atom stereocenters. The van der Waals surface area contributed by atoms with Gasteiger partial charge in [0.1, 0.15) is 12.2 Å². The van der Waals surface area contributed by atoms with Crippen molar-refractivity contribution in [3.8, 4) is 0 Å². The number of aryl methyl sites for hydroxylation is 1. The van der Waals surface area contributed by atoms with E-state index in [1.165, 1.54) is 0 Å². The number of aliphatic imine (C=N–C) groups is 1. The van der Waals surface area contributed by atoms with Crippen molar-refractivity contribution in [2.45, 2.75) is 46.6 Å². The second kappa shape index (κ2) is 12.0. The van der Waals surface area contributed by atoms with Gasteiger partial charge < -0.3 is 19.9 Å². The highest BCUT2D eigenvalue weighted by molar-refractivity contribution is 5.79. The van der Waals surface area contributed by atoms with E-state index < -0.39 is 0 Å². The maximum Gasteiger partial charge on any atom is 0.191 e. The van der Waals surface area contributed by atoms with E-state index in [2.05, 4.69) is 51.2 Å². The molecule has 126 valence electrons. The lowest BCUT2D eigenvalue weighted by Crippen LogP contribution is -2.39. The average molecular weight is 310 g/mol. The molecule has 1 rings (SSSR count). The van der Waals surface area contributed by atoms with Crippen LogP contribution in [0.3, 0.4) is 0 Å². The minimum atomic E-state index is 0.669. The summed E-state index contributed by atoms with van der Waals surface area (Å²) in [6.07, 6.45) is 4.94. The molecule has 2 N–H and O–H groups in total. The Balaban J connectivity index is 2.27. The fourth-order valence-electron chi connectivity index (χ4n) is 1.95. The highest BCUT2D eigenvalue weighted by atomic mass is 16.5. The van der Waals surface area contributed by atoms with Gasteiger partial charge >= 0.3 is 0 Å². The van der Waals surface area contributed by atoms with Crippen LogP contribution in [0.1, 0.15) is 39.4 Å². The summed E-state index contributed by atoms with van der Waals surface area (Å²) in [7, 11) is 0. The van der Waals surface area contributed by atoms with Gasteiger partial charge in [0.15, 0.2) is 5.96 Å². The molecule has 1 heterocycles. The fraction of sp³-hybridized carbons (Fsp3) is 0.800. The zero-order valence-electron chi connectivity index (χ0n) is 14.1. The molecule has 0 aliphatic carbocycles.